The van der Waals surface area contributed by atoms with Crippen LogP contribution >= 0.6 is 0 Å². The number of nitrogens with one attached hydrogen (secondary N) is 2. The summed E-state index contributed by atoms with van der Waals surface area (Å²) < 4.78 is 53.5. The van der Waals surface area contributed by atoms with Gasteiger partial charge in [0.05, 0.1) is 5.56 Å². The predicted octanol–water partition coefficient (Wildman–Crippen LogP) is 3.25. The van der Waals surface area contributed by atoms with Gasteiger partial charge in [-0.2, -0.15) is 4.98 Å². The van der Waals surface area contributed by atoms with E-state index < -0.39 is 34.7 Å². The van der Waals surface area contributed by atoms with Crippen LogP contribution in [-0.2, 0) is 0 Å². The van der Waals surface area contributed by atoms with Gasteiger partial charge in [0.2, 0.25) is 5.95 Å². The Morgan fingerprint density at radius 3 is 2.34 bits per heavy atom. The maximum atomic E-state index is 13.8. The van der Waals surface area contributed by atoms with E-state index in [1.165, 1.54) is 0 Å². The Balaban J connectivity index is 1.56. The van der Waals surface area contributed by atoms with Gasteiger partial charge in [0, 0.05) is 32.4 Å². The summed E-state index contributed by atoms with van der Waals surface area (Å²) in [5.74, 6) is -6.95. The summed E-state index contributed by atoms with van der Waals surface area (Å²) in [5, 5.41) is 5.81. The second-order valence-corrected chi connectivity index (χ2v) is 7.15. The number of hydrogen-bond acceptors (Lipinski definition) is 5. The minimum Gasteiger partial charge on any atom is -0.363 e. The molecule has 1 aromatic carbocycles. The van der Waals surface area contributed by atoms with Gasteiger partial charge < -0.3 is 15.5 Å². The van der Waals surface area contributed by atoms with Gasteiger partial charge in [0.1, 0.15) is 5.82 Å². The Bertz CT molecular complexity index is 900. The number of benzene rings is 1. The van der Waals surface area contributed by atoms with Gasteiger partial charge in [-0.1, -0.05) is 0 Å². The molecule has 2 aromatic rings. The minimum atomic E-state index is -2.00. The molecule has 1 fully saturated rings. The highest BCUT2D eigenvalue weighted by atomic mass is 19.2. The van der Waals surface area contributed by atoms with Crippen molar-refractivity contribution >= 4 is 17.7 Å². The molecule has 0 radical (unpaired) electrons. The zero-order valence-electron chi connectivity index (χ0n) is 16.0. The molecule has 1 amide bonds. The molecule has 1 aliphatic carbocycles. The molecule has 10 heteroatoms. The Kier molecular flexibility index (Phi) is 6.19. The van der Waals surface area contributed by atoms with Crippen molar-refractivity contribution in [2.45, 2.75) is 37.8 Å². The molecule has 1 heterocycles. The van der Waals surface area contributed by atoms with Crippen LogP contribution in [-0.4, -0.2) is 42.1 Å². The summed E-state index contributed by atoms with van der Waals surface area (Å²) in [5.41, 5.74) is -0.851. The average Bonchev–Trinajstić information content (AvgIpc) is 2.70. The van der Waals surface area contributed by atoms with E-state index in [1.807, 2.05) is 19.0 Å². The van der Waals surface area contributed by atoms with E-state index in [1.54, 1.807) is 12.3 Å². The number of hydrogen-bond donors (Lipinski definition) is 2. The van der Waals surface area contributed by atoms with Crippen LogP contribution in [0.25, 0.3) is 0 Å². The molecule has 0 saturated heterocycles. The second-order valence-electron chi connectivity index (χ2n) is 7.15. The molecule has 0 spiro atoms. The largest absolute Gasteiger partial charge is 0.363 e. The quantitative estimate of drug-likeness (QED) is 0.449. The SMILES string of the molecule is CN(C)c1ccnc(NC2CCC(NC(=O)c3cc(F)c(F)c(F)c3F)CC2)n1. The number of halogens is 4. The van der Waals surface area contributed by atoms with Gasteiger partial charge in [-0.3, -0.25) is 4.79 Å². The van der Waals surface area contributed by atoms with Gasteiger partial charge in [0.25, 0.3) is 5.91 Å². The van der Waals surface area contributed by atoms with Crippen LogP contribution < -0.4 is 15.5 Å². The molecule has 29 heavy (non-hydrogen) atoms. The lowest BCUT2D eigenvalue weighted by atomic mass is 9.91. The standard InChI is InChI=1S/C19H21F4N5O/c1-28(2)14-7-8-24-19(27-14)26-11-5-3-10(4-6-11)25-18(29)12-9-13(20)16(22)17(23)15(12)21/h7-11H,3-6H2,1-2H3,(H,25,29)(H,24,26,27). The molecule has 1 aliphatic rings. The van der Waals surface area contributed by atoms with Crippen molar-refractivity contribution in [1.29, 1.82) is 0 Å². The number of nitrogens with zero attached hydrogens (tertiary/aromatic N) is 3. The number of rotatable bonds is 5. The normalized spacial score (nSPS) is 19.0. The molecular weight excluding hydrogens is 390 g/mol. The molecule has 2 N–H and O–H groups in total. The monoisotopic (exact) mass is 411 g/mol. The summed E-state index contributed by atoms with van der Waals surface area (Å²) in [6.45, 7) is 0. The smallest absolute Gasteiger partial charge is 0.254 e. The van der Waals surface area contributed by atoms with Gasteiger partial charge >= 0.3 is 0 Å². The van der Waals surface area contributed by atoms with E-state index in [9.17, 15) is 22.4 Å². The molecule has 3 rings (SSSR count). The van der Waals surface area contributed by atoms with E-state index in [-0.39, 0.29) is 12.1 Å². The average molecular weight is 411 g/mol. The first-order valence-electron chi connectivity index (χ1n) is 9.17. The second kappa shape index (κ2) is 8.62. The number of carbonyl (C=O) groups excluding carboxylic acids is 1. The van der Waals surface area contributed by atoms with E-state index in [0.717, 1.165) is 5.82 Å². The minimum absolute atomic E-state index is 0.0954. The van der Waals surface area contributed by atoms with Gasteiger partial charge in [-0.15, -0.1) is 0 Å². The third kappa shape index (κ3) is 4.75. The number of aromatic nitrogens is 2. The molecule has 1 aromatic heterocycles. The maximum Gasteiger partial charge on any atom is 0.254 e. The van der Waals surface area contributed by atoms with Crippen LogP contribution in [0.2, 0.25) is 0 Å². The first kappa shape index (κ1) is 20.8. The van der Waals surface area contributed by atoms with Crippen LogP contribution in [0.3, 0.4) is 0 Å². The zero-order valence-corrected chi connectivity index (χ0v) is 16.0. The van der Waals surface area contributed by atoms with Crippen molar-refractivity contribution in [2.24, 2.45) is 0 Å². The zero-order chi connectivity index (χ0) is 21.1. The van der Waals surface area contributed by atoms with Crippen molar-refractivity contribution in [1.82, 2.24) is 15.3 Å². The molecule has 0 aliphatic heterocycles. The molecule has 6 nitrogen and oxygen atoms in total. The lowest BCUT2D eigenvalue weighted by Crippen LogP contribution is -2.40. The Hall–Kier alpha value is -2.91. The summed E-state index contributed by atoms with van der Waals surface area (Å²) in [7, 11) is 3.75. The summed E-state index contributed by atoms with van der Waals surface area (Å²) in [4.78, 5) is 22.6. The number of amides is 1. The van der Waals surface area contributed by atoms with E-state index in [4.69, 9.17) is 0 Å². The first-order valence-corrected chi connectivity index (χ1v) is 9.17. The highest BCUT2D eigenvalue weighted by Crippen LogP contribution is 2.23. The molecule has 1 saturated carbocycles. The van der Waals surface area contributed by atoms with Crippen LogP contribution in [0.4, 0.5) is 29.3 Å². The van der Waals surface area contributed by atoms with E-state index >= 15 is 0 Å². The van der Waals surface area contributed by atoms with Crippen LogP contribution in [0, 0.1) is 23.3 Å². The topological polar surface area (TPSA) is 70.2 Å². The third-order valence-electron chi connectivity index (χ3n) is 4.84. The molecule has 0 unspecified atom stereocenters. The van der Waals surface area contributed by atoms with Crippen LogP contribution in [0.1, 0.15) is 36.0 Å². The maximum absolute atomic E-state index is 13.8. The van der Waals surface area contributed by atoms with Gasteiger partial charge in [0.15, 0.2) is 23.3 Å². The Morgan fingerprint density at radius 1 is 1.03 bits per heavy atom. The van der Waals surface area contributed by atoms with Crippen molar-refractivity contribution < 1.29 is 22.4 Å². The Morgan fingerprint density at radius 2 is 1.69 bits per heavy atom. The van der Waals surface area contributed by atoms with Crippen molar-refractivity contribution in [3.8, 4) is 0 Å². The number of carbonyl (C=O) groups is 1. The lowest BCUT2D eigenvalue weighted by Gasteiger charge is -2.29. The molecule has 156 valence electrons. The van der Waals surface area contributed by atoms with Gasteiger partial charge in [-0.25, -0.2) is 22.5 Å². The highest BCUT2D eigenvalue weighted by Gasteiger charge is 2.27. The van der Waals surface area contributed by atoms with Crippen molar-refractivity contribution in [2.75, 3.05) is 24.3 Å². The molecule has 0 bridgehead atoms. The van der Waals surface area contributed by atoms with Crippen LogP contribution in [0.15, 0.2) is 18.3 Å². The van der Waals surface area contributed by atoms with E-state index in [2.05, 4.69) is 20.6 Å². The fourth-order valence-corrected chi connectivity index (χ4v) is 3.23. The fourth-order valence-electron chi connectivity index (χ4n) is 3.23. The number of anilines is 2. The fraction of sp³-hybridized carbons (Fsp3) is 0.421. The summed E-state index contributed by atoms with van der Waals surface area (Å²) in [6, 6.07) is 1.96. The summed E-state index contributed by atoms with van der Waals surface area (Å²) >= 11 is 0. The van der Waals surface area contributed by atoms with E-state index in [0.29, 0.717) is 37.7 Å². The Labute approximate surface area is 165 Å². The highest BCUT2D eigenvalue weighted by molar-refractivity contribution is 5.94. The predicted molar refractivity (Wildman–Crippen MR) is 99.8 cm³/mol. The van der Waals surface area contributed by atoms with Crippen LogP contribution in [0.5, 0.6) is 0 Å². The first-order chi connectivity index (χ1) is 13.8. The molecular formula is C19H21F4N5O. The molecule has 0 atom stereocenters. The van der Waals surface area contributed by atoms with Gasteiger partial charge in [-0.05, 0) is 37.8 Å². The third-order valence-corrected chi connectivity index (χ3v) is 4.84. The van der Waals surface area contributed by atoms with Crippen molar-refractivity contribution in [3.05, 3.63) is 47.2 Å². The summed E-state index contributed by atoms with van der Waals surface area (Å²) in [6.07, 6.45) is 4.19. The van der Waals surface area contributed by atoms with Crippen molar-refractivity contribution in [3.63, 3.8) is 0 Å². The lowest BCUT2D eigenvalue weighted by molar-refractivity contribution is 0.0920.